The second-order valence-electron chi connectivity index (χ2n) is 4.88. The molecule has 1 saturated heterocycles. The highest BCUT2D eigenvalue weighted by atomic mass is 32.1. The van der Waals surface area contributed by atoms with Gasteiger partial charge in [-0.15, -0.1) is 0 Å². The van der Waals surface area contributed by atoms with Crippen molar-refractivity contribution in [2.45, 2.75) is 45.1 Å². The first-order chi connectivity index (χ1) is 8.02. The van der Waals surface area contributed by atoms with Gasteiger partial charge in [0.15, 0.2) is 0 Å². The summed E-state index contributed by atoms with van der Waals surface area (Å²) in [5, 5.41) is 0. The minimum Gasteiger partial charge on any atom is -0.393 e. The first-order valence-corrected chi connectivity index (χ1v) is 6.74. The molecule has 0 aromatic heterocycles. The van der Waals surface area contributed by atoms with Crippen molar-refractivity contribution in [3.05, 3.63) is 0 Å². The predicted molar refractivity (Wildman–Crippen MR) is 73.6 cm³/mol. The van der Waals surface area contributed by atoms with E-state index >= 15 is 0 Å². The van der Waals surface area contributed by atoms with E-state index in [9.17, 15) is 4.79 Å². The van der Waals surface area contributed by atoms with Crippen LogP contribution in [0.4, 0.5) is 0 Å². The topological polar surface area (TPSA) is 72.3 Å². The highest BCUT2D eigenvalue weighted by Gasteiger charge is 2.25. The Labute approximate surface area is 109 Å². The molecule has 0 spiro atoms. The van der Waals surface area contributed by atoms with Crippen LogP contribution in [0.1, 0.15) is 39.0 Å². The lowest BCUT2D eigenvalue weighted by Crippen LogP contribution is -2.43. The van der Waals surface area contributed by atoms with Crippen LogP contribution < -0.4 is 11.5 Å². The number of likely N-dealkylation sites (tertiary alicyclic amines) is 1. The molecule has 5 heteroatoms. The first kappa shape index (κ1) is 14.4. The van der Waals surface area contributed by atoms with Crippen LogP contribution in [0.25, 0.3) is 0 Å². The zero-order valence-electron chi connectivity index (χ0n) is 10.5. The minimum atomic E-state index is -0.182. The van der Waals surface area contributed by atoms with Gasteiger partial charge in [-0.1, -0.05) is 19.1 Å². The smallest absolute Gasteiger partial charge is 0.217 e. The van der Waals surface area contributed by atoms with E-state index in [0.29, 0.717) is 23.4 Å². The van der Waals surface area contributed by atoms with Gasteiger partial charge in [0.25, 0.3) is 0 Å². The maximum Gasteiger partial charge on any atom is 0.217 e. The molecule has 0 aromatic rings. The average molecular weight is 257 g/mol. The maximum atomic E-state index is 10.9. The average Bonchev–Trinajstić information content (AvgIpc) is 2.26. The number of nitrogens with zero attached hydrogens (tertiary/aromatic N) is 1. The Bertz CT molecular complexity index is 275. The van der Waals surface area contributed by atoms with Gasteiger partial charge < -0.3 is 11.5 Å². The number of amides is 1. The van der Waals surface area contributed by atoms with Gasteiger partial charge in [0.05, 0.1) is 4.99 Å². The second-order valence-corrected chi connectivity index (χ2v) is 5.41. The molecule has 0 radical (unpaired) electrons. The number of hydrogen-bond donors (Lipinski definition) is 2. The van der Waals surface area contributed by atoms with Crippen LogP contribution in [-0.4, -0.2) is 34.9 Å². The summed E-state index contributed by atoms with van der Waals surface area (Å²) in [6.07, 6.45) is 4.50. The molecular weight excluding hydrogens is 234 g/mol. The molecule has 1 aliphatic heterocycles. The van der Waals surface area contributed by atoms with Crippen molar-refractivity contribution in [3.63, 3.8) is 0 Å². The van der Waals surface area contributed by atoms with Crippen molar-refractivity contribution in [1.82, 2.24) is 4.90 Å². The molecule has 98 valence electrons. The molecule has 4 nitrogen and oxygen atoms in total. The Morgan fingerprint density at radius 1 is 1.41 bits per heavy atom. The summed E-state index contributed by atoms with van der Waals surface area (Å²) in [7, 11) is 0. The van der Waals surface area contributed by atoms with Crippen molar-refractivity contribution in [2.24, 2.45) is 17.4 Å². The van der Waals surface area contributed by atoms with Crippen LogP contribution in [0.3, 0.4) is 0 Å². The summed E-state index contributed by atoms with van der Waals surface area (Å²) in [5.74, 6) is 0.282. The van der Waals surface area contributed by atoms with Crippen molar-refractivity contribution in [3.8, 4) is 0 Å². The molecule has 1 heterocycles. The van der Waals surface area contributed by atoms with Gasteiger partial charge in [-0.2, -0.15) is 0 Å². The quantitative estimate of drug-likeness (QED) is 0.697. The Morgan fingerprint density at radius 2 is 2.00 bits per heavy atom. The Balaban J connectivity index is 2.38. The van der Waals surface area contributed by atoms with Crippen molar-refractivity contribution in [1.29, 1.82) is 0 Å². The molecule has 0 aliphatic carbocycles. The number of primary amides is 1. The standard InChI is InChI=1S/C12H23N3OS/c1-2-10(8-12(14)17)15-5-3-9(4-6-15)7-11(13)16/h9-10H,2-8H2,1H3,(H2,13,16)(H2,14,17). The van der Waals surface area contributed by atoms with Crippen molar-refractivity contribution >= 4 is 23.1 Å². The van der Waals surface area contributed by atoms with Crippen molar-refractivity contribution in [2.75, 3.05) is 13.1 Å². The molecule has 4 N–H and O–H groups in total. The Kier molecular flexibility index (Phi) is 5.85. The predicted octanol–water partition coefficient (Wildman–Crippen LogP) is 1.03. The van der Waals surface area contributed by atoms with E-state index in [1.54, 1.807) is 0 Å². The fourth-order valence-electron chi connectivity index (χ4n) is 2.57. The van der Waals surface area contributed by atoms with Crippen LogP contribution in [-0.2, 0) is 4.79 Å². The van der Waals surface area contributed by atoms with E-state index in [1.165, 1.54) is 0 Å². The van der Waals surface area contributed by atoms with E-state index < -0.39 is 0 Å². The van der Waals surface area contributed by atoms with E-state index in [2.05, 4.69) is 11.8 Å². The Hall–Kier alpha value is -0.680. The monoisotopic (exact) mass is 257 g/mol. The van der Waals surface area contributed by atoms with Gasteiger partial charge in [0, 0.05) is 18.9 Å². The summed E-state index contributed by atoms with van der Waals surface area (Å²) in [5.41, 5.74) is 10.8. The van der Waals surface area contributed by atoms with Crippen LogP contribution in [0.2, 0.25) is 0 Å². The van der Waals surface area contributed by atoms with Gasteiger partial charge in [-0.05, 0) is 38.3 Å². The molecule has 0 bridgehead atoms. The Morgan fingerprint density at radius 3 is 2.41 bits per heavy atom. The molecule has 17 heavy (non-hydrogen) atoms. The van der Waals surface area contributed by atoms with Gasteiger partial charge in [0.1, 0.15) is 0 Å². The van der Waals surface area contributed by atoms with Crippen molar-refractivity contribution < 1.29 is 4.79 Å². The number of piperidine rings is 1. The lowest BCUT2D eigenvalue weighted by atomic mass is 9.92. The van der Waals surface area contributed by atoms with Gasteiger partial charge in [0.2, 0.25) is 5.91 Å². The minimum absolute atomic E-state index is 0.182. The highest BCUT2D eigenvalue weighted by molar-refractivity contribution is 7.80. The second kappa shape index (κ2) is 6.91. The largest absolute Gasteiger partial charge is 0.393 e. The summed E-state index contributed by atoms with van der Waals surface area (Å²) in [6.45, 7) is 4.22. The summed E-state index contributed by atoms with van der Waals surface area (Å²) in [6, 6.07) is 0.460. The molecule has 0 aromatic carbocycles. The summed E-state index contributed by atoms with van der Waals surface area (Å²) in [4.78, 5) is 13.9. The van der Waals surface area contributed by atoms with E-state index in [-0.39, 0.29) is 5.91 Å². The number of nitrogens with two attached hydrogens (primary N) is 2. The number of carbonyl (C=O) groups excluding carboxylic acids is 1. The molecule has 1 amide bonds. The number of thiocarbonyl (C=S) groups is 1. The molecule has 1 rings (SSSR count). The lowest BCUT2D eigenvalue weighted by Gasteiger charge is -2.37. The van der Waals surface area contributed by atoms with E-state index in [1.807, 2.05) is 0 Å². The maximum absolute atomic E-state index is 10.9. The summed E-state index contributed by atoms with van der Waals surface area (Å²) < 4.78 is 0. The van der Waals surface area contributed by atoms with E-state index in [4.69, 9.17) is 23.7 Å². The third kappa shape index (κ3) is 5.00. The zero-order chi connectivity index (χ0) is 12.8. The molecule has 0 saturated carbocycles. The molecule has 1 fully saturated rings. The van der Waals surface area contributed by atoms with Gasteiger partial charge in [-0.25, -0.2) is 0 Å². The SMILES string of the molecule is CCC(CC(N)=S)N1CCC(CC(N)=O)CC1. The fourth-order valence-corrected chi connectivity index (χ4v) is 2.76. The van der Waals surface area contributed by atoms with Crippen LogP contribution in [0.5, 0.6) is 0 Å². The number of rotatable bonds is 6. The molecular formula is C12H23N3OS. The third-order valence-electron chi connectivity index (χ3n) is 3.56. The first-order valence-electron chi connectivity index (χ1n) is 6.33. The normalized spacial score (nSPS) is 20.1. The zero-order valence-corrected chi connectivity index (χ0v) is 11.3. The molecule has 1 aliphatic rings. The fraction of sp³-hybridized carbons (Fsp3) is 0.833. The number of hydrogen-bond acceptors (Lipinski definition) is 3. The highest BCUT2D eigenvalue weighted by Crippen LogP contribution is 2.23. The van der Waals surface area contributed by atoms with Gasteiger partial charge in [-0.3, -0.25) is 9.69 Å². The van der Waals surface area contributed by atoms with E-state index in [0.717, 1.165) is 38.8 Å². The third-order valence-corrected chi connectivity index (χ3v) is 3.73. The van der Waals surface area contributed by atoms with Crippen LogP contribution in [0.15, 0.2) is 0 Å². The molecule has 1 atom stereocenters. The van der Waals surface area contributed by atoms with Crippen LogP contribution >= 0.6 is 12.2 Å². The molecule has 1 unspecified atom stereocenters. The number of carbonyl (C=O) groups is 1. The lowest BCUT2D eigenvalue weighted by molar-refractivity contribution is -0.119. The van der Waals surface area contributed by atoms with Gasteiger partial charge >= 0.3 is 0 Å². The van der Waals surface area contributed by atoms with Crippen LogP contribution in [0, 0.1) is 5.92 Å². The summed E-state index contributed by atoms with van der Waals surface area (Å²) >= 11 is 4.98.